The number of hydrogen-bond donors (Lipinski definition) is 3. The molecule has 0 heterocycles. The lowest BCUT2D eigenvalue weighted by molar-refractivity contribution is -0.127. The molecule has 0 aromatic heterocycles. The lowest BCUT2D eigenvalue weighted by Crippen LogP contribution is -2.47. The van der Waals surface area contributed by atoms with Crippen molar-refractivity contribution >= 4 is 24.4 Å². The largest absolute Gasteiger partial charge is 0.348 e. The predicted octanol–water partition coefficient (Wildman–Crippen LogP) is 1.75. The zero-order valence-corrected chi connectivity index (χ0v) is 12.6. The molecule has 0 bridgehead atoms. The van der Waals surface area contributed by atoms with Gasteiger partial charge in [-0.05, 0) is 31.0 Å². The number of thiol groups is 1. The van der Waals surface area contributed by atoms with Gasteiger partial charge >= 0.3 is 0 Å². The lowest BCUT2D eigenvalue weighted by atomic mass is 10.1. The van der Waals surface area contributed by atoms with Crippen LogP contribution in [-0.4, -0.2) is 23.6 Å². The Bertz CT molecular complexity index is 508. The number of carbonyl (C=O) groups excluding carboxylic acids is 2. The zero-order valence-electron chi connectivity index (χ0n) is 11.7. The molecule has 0 aliphatic rings. The highest BCUT2D eigenvalue weighted by atomic mass is 32.1. The van der Waals surface area contributed by atoms with Crippen LogP contribution in [0, 0.1) is 12.7 Å². The summed E-state index contributed by atoms with van der Waals surface area (Å²) in [6.07, 6.45) is 0. The van der Waals surface area contributed by atoms with Gasteiger partial charge in [0.05, 0.1) is 6.04 Å². The molecule has 1 rings (SSSR count). The fourth-order valence-corrected chi connectivity index (χ4v) is 1.97. The Labute approximate surface area is 123 Å². The highest BCUT2D eigenvalue weighted by Crippen LogP contribution is 2.16. The topological polar surface area (TPSA) is 58.2 Å². The first kappa shape index (κ1) is 16.5. The van der Waals surface area contributed by atoms with Gasteiger partial charge in [0.25, 0.3) is 0 Å². The van der Waals surface area contributed by atoms with E-state index in [-0.39, 0.29) is 29.4 Å². The predicted molar refractivity (Wildman–Crippen MR) is 79.2 cm³/mol. The fourth-order valence-electron chi connectivity index (χ4n) is 1.72. The Balaban J connectivity index is 2.73. The van der Waals surface area contributed by atoms with E-state index in [2.05, 4.69) is 23.3 Å². The minimum absolute atomic E-state index is 0.195. The summed E-state index contributed by atoms with van der Waals surface area (Å²) in [5.41, 5.74) is 1.22. The van der Waals surface area contributed by atoms with Gasteiger partial charge in [-0.2, -0.15) is 12.6 Å². The summed E-state index contributed by atoms with van der Waals surface area (Å²) in [4.78, 5) is 23.0. The molecule has 0 spiro atoms. The number of nitrogens with one attached hydrogen (secondary N) is 2. The SMILES string of the molecule is CC(=O)NC(CS)C(=O)NC(C)c1ccc(C)c(F)c1. The second kappa shape index (κ2) is 7.28. The van der Waals surface area contributed by atoms with Crippen molar-refractivity contribution < 1.29 is 14.0 Å². The van der Waals surface area contributed by atoms with Gasteiger partial charge in [0.15, 0.2) is 0 Å². The third-order valence-corrected chi connectivity index (χ3v) is 3.30. The monoisotopic (exact) mass is 298 g/mol. The Morgan fingerprint density at radius 2 is 2.00 bits per heavy atom. The van der Waals surface area contributed by atoms with E-state index in [1.165, 1.54) is 13.0 Å². The molecule has 0 saturated carbocycles. The number of amides is 2. The van der Waals surface area contributed by atoms with E-state index in [1.807, 2.05) is 0 Å². The molecule has 2 amide bonds. The molecular formula is C14H19FN2O2S. The smallest absolute Gasteiger partial charge is 0.243 e. The van der Waals surface area contributed by atoms with Crippen LogP contribution in [0.1, 0.15) is 31.0 Å². The van der Waals surface area contributed by atoms with Crippen LogP contribution in [0.25, 0.3) is 0 Å². The Kier molecular flexibility index (Phi) is 6.01. The quantitative estimate of drug-likeness (QED) is 0.725. The first-order valence-corrected chi connectivity index (χ1v) is 6.92. The number of aryl methyl sites for hydroxylation is 1. The summed E-state index contributed by atoms with van der Waals surface area (Å²) in [6, 6.07) is 3.77. The zero-order chi connectivity index (χ0) is 15.3. The molecule has 2 N–H and O–H groups in total. The second-order valence-corrected chi connectivity index (χ2v) is 5.04. The lowest BCUT2D eigenvalue weighted by Gasteiger charge is -2.20. The second-order valence-electron chi connectivity index (χ2n) is 4.67. The maximum atomic E-state index is 13.5. The van der Waals surface area contributed by atoms with Gasteiger partial charge < -0.3 is 10.6 Å². The highest BCUT2D eigenvalue weighted by Gasteiger charge is 2.20. The van der Waals surface area contributed by atoms with Crippen molar-refractivity contribution in [3.05, 3.63) is 35.1 Å². The van der Waals surface area contributed by atoms with E-state index in [4.69, 9.17) is 0 Å². The minimum atomic E-state index is -0.700. The van der Waals surface area contributed by atoms with Crippen molar-refractivity contribution in [1.82, 2.24) is 10.6 Å². The Hall–Kier alpha value is -1.56. The van der Waals surface area contributed by atoms with Crippen molar-refractivity contribution in [3.8, 4) is 0 Å². The standard InChI is InChI=1S/C14H19FN2O2S/c1-8-4-5-11(6-12(8)15)9(2)16-14(19)13(7-20)17-10(3)18/h4-6,9,13,20H,7H2,1-3H3,(H,16,19)(H,17,18). The van der Waals surface area contributed by atoms with Gasteiger partial charge in [-0.1, -0.05) is 12.1 Å². The normalized spacial score (nSPS) is 13.4. The number of halogens is 1. The number of benzene rings is 1. The van der Waals surface area contributed by atoms with E-state index in [9.17, 15) is 14.0 Å². The Morgan fingerprint density at radius 1 is 1.35 bits per heavy atom. The van der Waals surface area contributed by atoms with Crippen LogP contribution in [-0.2, 0) is 9.59 Å². The molecular weight excluding hydrogens is 279 g/mol. The molecule has 2 atom stereocenters. The number of hydrogen-bond acceptors (Lipinski definition) is 3. The van der Waals surface area contributed by atoms with Crippen molar-refractivity contribution in [2.75, 3.05) is 5.75 Å². The van der Waals surface area contributed by atoms with Gasteiger partial charge in [0.1, 0.15) is 11.9 Å². The van der Waals surface area contributed by atoms with Crippen molar-refractivity contribution in [3.63, 3.8) is 0 Å². The van der Waals surface area contributed by atoms with E-state index < -0.39 is 6.04 Å². The van der Waals surface area contributed by atoms with Crippen LogP contribution in [0.2, 0.25) is 0 Å². The van der Waals surface area contributed by atoms with E-state index in [0.717, 1.165) is 0 Å². The van der Waals surface area contributed by atoms with Gasteiger partial charge in [0.2, 0.25) is 11.8 Å². The number of carbonyl (C=O) groups is 2. The van der Waals surface area contributed by atoms with Crippen LogP contribution in [0.4, 0.5) is 4.39 Å². The molecule has 0 fully saturated rings. The summed E-state index contributed by atoms with van der Waals surface area (Å²) >= 11 is 4.03. The number of rotatable bonds is 5. The van der Waals surface area contributed by atoms with Crippen LogP contribution < -0.4 is 10.6 Å². The van der Waals surface area contributed by atoms with Crippen molar-refractivity contribution in [2.24, 2.45) is 0 Å². The highest BCUT2D eigenvalue weighted by molar-refractivity contribution is 7.80. The van der Waals surface area contributed by atoms with E-state index >= 15 is 0 Å². The molecule has 0 radical (unpaired) electrons. The first-order valence-electron chi connectivity index (χ1n) is 6.29. The van der Waals surface area contributed by atoms with E-state index in [1.54, 1.807) is 26.0 Å². The molecule has 4 nitrogen and oxygen atoms in total. The third kappa shape index (κ3) is 4.52. The van der Waals surface area contributed by atoms with E-state index in [0.29, 0.717) is 11.1 Å². The average Bonchev–Trinajstić information content (AvgIpc) is 2.38. The molecule has 1 aromatic carbocycles. The molecule has 6 heteroatoms. The van der Waals surface area contributed by atoms with Crippen molar-refractivity contribution in [1.29, 1.82) is 0 Å². The van der Waals surface area contributed by atoms with Gasteiger partial charge in [-0.3, -0.25) is 9.59 Å². The summed E-state index contributed by atoms with van der Waals surface area (Å²) in [6.45, 7) is 4.77. The maximum absolute atomic E-state index is 13.5. The maximum Gasteiger partial charge on any atom is 0.243 e. The summed E-state index contributed by atoms with van der Waals surface area (Å²) in [5.74, 6) is -0.756. The Morgan fingerprint density at radius 3 is 2.50 bits per heavy atom. The molecule has 1 aromatic rings. The van der Waals surface area contributed by atoms with Gasteiger partial charge in [0, 0.05) is 12.7 Å². The molecule has 0 saturated heterocycles. The molecule has 110 valence electrons. The molecule has 20 heavy (non-hydrogen) atoms. The summed E-state index contributed by atoms with van der Waals surface area (Å²) < 4.78 is 13.5. The van der Waals surface area contributed by atoms with Crippen molar-refractivity contribution in [2.45, 2.75) is 32.9 Å². The summed E-state index contributed by atoms with van der Waals surface area (Å²) in [5, 5.41) is 5.24. The van der Waals surface area contributed by atoms with Crippen LogP contribution in [0.3, 0.4) is 0 Å². The minimum Gasteiger partial charge on any atom is -0.348 e. The van der Waals surface area contributed by atoms with Crippen LogP contribution in [0.15, 0.2) is 18.2 Å². The fraction of sp³-hybridized carbons (Fsp3) is 0.429. The van der Waals surface area contributed by atoms with Gasteiger partial charge in [-0.15, -0.1) is 0 Å². The molecule has 0 aliphatic heterocycles. The van der Waals surface area contributed by atoms with Crippen LogP contribution in [0.5, 0.6) is 0 Å². The average molecular weight is 298 g/mol. The summed E-state index contributed by atoms with van der Waals surface area (Å²) in [7, 11) is 0. The first-order chi connectivity index (χ1) is 9.35. The van der Waals surface area contributed by atoms with Gasteiger partial charge in [-0.25, -0.2) is 4.39 Å². The molecule has 2 unspecified atom stereocenters. The molecule has 0 aliphatic carbocycles. The third-order valence-electron chi connectivity index (χ3n) is 2.93. The van der Waals surface area contributed by atoms with Crippen LogP contribution >= 0.6 is 12.6 Å².